The van der Waals surface area contributed by atoms with E-state index in [1.807, 2.05) is 30.3 Å². The zero-order chi connectivity index (χ0) is 23.4. The van der Waals surface area contributed by atoms with E-state index < -0.39 is 11.4 Å². The Kier molecular flexibility index (Phi) is 4.96. The number of ketones is 1. The zero-order valence-electron chi connectivity index (χ0n) is 19.4. The van der Waals surface area contributed by atoms with Crippen LogP contribution in [0.4, 0.5) is 15.8 Å². The number of halogens is 1. The lowest BCUT2D eigenvalue weighted by Crippen LogP contribution is -2.51. The van der Waals surface area contributed by atoms with Gasteiger partial charge in [-0.15, -0.1) is 0 Å². The number of nitrogens with one attached hydrogen (secondary N) is 1. The highest BCUT2D eigenvalue weighted by molar-refractivity contribution is 6.01. The van der Waals surface area contributed by atoms with E-state index in [0.717, 1.165) is 46.6 Å². The molecule has 1 aromatic heterocycles. The summed E-state index contributed by atoms with van der Waals surface area (Å²) in [5, 5.41) is 12.2. The summed E-state index contributed by atoms with van der Waals surface area (Å²) >= 11 is 0. The van der Waals surface area contributed by atoms with Gasteiger partial charge >= 0.3 is 0 Å². The second-order valence-corrected chi connectivity index (χ2v) is 9.86. The monoisotopic (exact) mass is 445 g/mol. The molecule has 0 bridgehead atoms. The van der Waals surface area contributed by atoms with Gasteiger partial charge in [-0.25, -0.2) is 4.98 Å². The molecule has 170 valence electrons. The molecule has 6 nitrogen and oxygen atoms in total. The Labute approximate surface area is 193 Å². The van der Waals surface area contributed by atoms with E-state index >= 15 is 0 Å². The fraction of sp³-hybridized carbons (Fsp3) is 0.385. The number of benzene rings is 1. The maximum absolute atomic E-state index is 13.6. The smallest absolute Gasteiger partial charge is 0.212 e. The summed E-state index contributed by atoms with van der Waals surface area (Å²) in [6, 6.07) is 11.3. The van der Waals surface area contributed by atoms with Gasteiger partial charge in [0.05, 0.1) is 23.5 Å². The van der Waals surface area contributed by atoms with Crippen molar-refractivity contribution in [2.45, 2.75) is 51.6 Å². The van der Waals surface area contributed by atoms with Crippen LogP contribution in [0.3, 0.4) is 0 Å². The number of fused-ring (bicyclic) bond motifs is 1. The molecule has 3 aliphatic rings. The number of allylic oxidation sites excluding steroid dienone is 2. The van der Waals surface area contributed by atoms with Crippen LogP contribution in [0.5, 0.6) is 0 Å². The quantitative estimate of drug-likeness (QED) is 0.626. The minimum Gasteiger partial charge on any atom is -0.362 e. The Morgan fingerprint density at radius 2 is 2.00 bits per heavy atom. The minimum absolute atomic E-state index is 0.100. The van der Waals surface area contributed by atoms with Crippen LogP contribution in [0.2, 0.25) is 0 Å². The summed E-state index contributed by atoms with van der Waals surface area (Å²) in [6.07, 6.45) is 5.12. The highest BCUT2D eigenvalue weighted by atomic mass is 19.1. The number of nitrogens with zero attached hydrogens (tertiary/aromatic N) is 4. The van der Waals surface area contributed by atoms with Gasteiger partial charge in [0.1, 0.15) is 0 Å². The standard InChI is InChI=1S/C26H28FN5O/c1-5-26(16-7-6-8-17(11-16)32(4)18-9-10-22(27)28-14-18)19-15-29-31-24(19)30-20-12-25(2,3)13-21(33)23(20)26/h6-11,14-15,24,30H,5,12-13H2,1-4H3. The van der Waals surface area contributed by atoms with E-state index in [-0.39, 0.29) is 17.4 Å². The molecule has 5 rings (SSSR count). The van der Waals surface area contributed by atoms with Crippen LogP contribution in [0.15, 0.2) is 75.9 Å². The fourth-order valence-corrected chi connectivity index (χ4v) is 5.59. The number of carbonyl (C=O) groups is 1. The van der Waals surface area contributed by atoms with Gasteiger partial charge in [0.2, 0.25) is 5.95 Å². The van der Waals surface area contributed by atoms with Crippen molar-refractivity contribution in [3.63, 3.8) is 0 Å². The lowest BCUT2D eigenvalue weighted by atomic mass is 9.59. The Morgan fingerprint density at radius 1 is 1.18 bits per heavy atom. The van der Waals surface area contributed by atoms with Crippen molar-refractivity contribution in [1.29, 1.82) is 0 Å². The molecule has 0 fully saturated rings. The Morgan fingerprint density at radius 3 is 2.73 bits per heavy atom. The van der Waals surface area contributed by atoms with Crippen LogP contribution in [-0.2, 0) is 10.2 Å². The van der Waals surface area contributed by atoms with Crippen molar-refractivity contribution in [2.24, 2.45) is 15.6 Å². The fourth-order valence-electron chi connectivity index (χ4n) is 5.59. The lowest BCUT2D eigenvalue weighted by Gasteiger charge is -2.48. The van der Waals surface area contributed by atoms with Gasteiger partial charge in [0.15, 0.2) is 11.9 Å². The van der Waals surface area contributed by atoms with E-state index in [0.29, 0.717) is 6.42 Å². The number of anilines is 2. The topological polar surface area (TPSA) is 70.0 Å². The first-order chi connectivity index (χ1) is 15.7. The van der Waals surface area contributed by atoms with Gasteiger partial charge in [0.25, 0.3) is 0 Å². The van der Waals surface area contributed by atoms with Gasteiger partial charge < -0.3 is 10.2 Å². The first-order valence-electron chi connectivity index (χ1n) is 11.3. The number of azo groups is 1. The van der Waals surface area contributed by atoms with Crippen LogP contribution in [-0.4, -0.2) is 24.0 Å². The van der Waals surface area contributed by atoms with Crippen molar-refractivity contribution in [1.82, 2.24) is 10.3 Å². The minimum atomic E-state index is -0.597. The van der Waals surface area contributed by atoms with Crippen LogP contribution < -0.4 is 10.2 Å². The van der Waals surface area contributed by atoms with Crippen molar-refractivity contribution < 1.29 is 9.18 Å². The van der Waals surface area contributed by atoms with Gasteiger partial charge in [0, 0.05) is 36.0 Å². The maximum atomic E-state index is 13.6. The van der Waals surface area contributed by atoms with Gasteiger partial charge in [-0.05, 0) is 48.1 Å². The normalized spacial score (nSPS) is 25.3. The first kappa shape index (κ1) is 21.5. The molecule has 0 saturated carbocycles. The second kappa shape index (κ2) is 7.61. The average Bonchev–Trinajstić information content (AvgIpc) is 3.25. The third-order valence-corrected chi connectivity index (χ3v) is 7.13. The van der Waals surface area contributed by atoms with E-state index in [9.17, 15) is 9.18 Å². The number of hydrogen-bond donors (Lipinski definition) is 1. The van der Waals surface area contributed by atoms with Gasteiger partial charge in [-0.2, -0.15) is 14.6 Å². The molecule has 7 heteroatoms. The molecule has 2 aromatic rings. The Hall–Kier alpha value is -3.35. The van der Waals surface area contributed by atoms with E-state index in [1.165, 1.54) is 12.3 Å². The number of pyridine rings is 1. The summed E-state index contributed by atoms with van der Waals surface area (Å²) in [5.41, 5.74) is 4.90. The molecule has 0 radical (unpaired) electrons. The molecule has 2 unspecified atom stereocenters. The van der Waals surface area contributed by atoms with Crippen LogP contribution >= 0.6 is 0 Å². The number of hydrogen-bond acceptors (Lipinski definition) is 6. The van der Waals surface area contributed by atoms with Crippen LogP contribution in [0, 0.1) is 11.4 Å². The lowest BCUT2D eigenvalue weighted by molar-refractivity contribution is -0.119. The summed E-state index contributed by atoms with van der Waals surface area (Å²) in [6.45, 7) is 6.40. The van der Waals surface area contributed by atoms with Crippen LogP contribution in [0.25, 0.3) is 0 Å². The molecule has 2 atom stereocenters. The average molecular weight is 446 g/mol. The predicted molar refractivity (Wildman–Crippen MR) is 126 cm³/mol. The van der Waals surface area contributed by atoms with E-state index in [2.05, 4.69) is 53.4 Å². The maximum Gasteiger partial charge on any atom is 0.212 e. The molecular weight excluding hydrogens is 417 g/mol. The highest BCUT2D eigenvalue weighted by Crippen LogP contribution is 2.54. The van der Waals surface area contributed by atoms with Crippen LogP contribution in [0.1, 0.15) is 45.6 Å². The molecule has 0 saturated heterocycles. The highest BCUT2D eigenvalue weighted by Gasteiger charge is 2.53. The molecule has 0 amide bonds. The summed E-state index contributed by atoms with van der Waals surface area (Å²) < 4.78 is 13.3. The first-order valence-corrected chi connectivity index (χ1v) is 11.3. The van der Waals surface area contributed by atoms with Crippen molar-refractivity contribution in [3.05, 3.63) is 77.1 Å². The molecule has 3 heterocycles. The molecule has 0 spiro atoms. The third-order valence-electron chi connectivity index (χ3n) is 7.13. The van der Waals surface area contributed by atoms with Gasteiger partial charge in [-0.3, -0.25) is 4.79 Å². The van der Waals surface area contributed by atoms with E-state index in [1.54, 1.807) is 6.07 Å². The third kappa shape index (κ3) is 3.37. The summed E-state index contributed by atoms with van der Waals surface area (Å²) in [7, 11) is 1.93. The number of carbonyl (C=O) groups excluding carboxylic acids is 1. The van der Waals surface area contributed by atoms with Crippen molar-refractivity contribution in [3.8, 4) is 0 Å². The Balaban J connectivity index is 1.66. The molecule has 1 aromatic carbocycles. The predicted octanol–water partition coefficient (Wildman–Crippen LogP) is 5.56. The van der Waals surface area contributed by atoms with E-state index in [4.69, 9.17) is 0 Å². The number of Topliss-reactive ketones (excluding diaryl/α,β-unsaturated/α-hetero) is 1. The summed E-state index contributed by atoms with van der Waals surface area (Å²) in [5.74, 6) is -0.325. The van der Waals surface area contributed by atoms with Gasteiger partial charge in [-0.1, -0.05) is 32.9 Å². The van der Waals surface area contributed by atoms with Crippen molar-refractivity contribution >= 4 is 17.2 Å². The molecular formula is C26H28FN5O. The number of rotatable bonds is 4. The second-order valence-electron chi connectivity index (χ2n) is 9.86. The molecule has 2 aliphatic heterocycles. The largest absolute Gasteiger partial charge is 0.362 e. The summed E-state index contributed by atoms with van der Waals surface area (Å²) in [4.78, 5) is 19.4. The molecule has 1 N–H and O–H groups in total. The molecule has 1 aliphatic carbocycles. The number of aromatic nitrogens is 1. The molecule has 33 heavy (non-hydrogen) atoms. The SMILES string of the molecule is CCC1(c2cccc(N(C)c3ccc(F)nc3)c2)C2=CN=NC2NC2=C1C(=O)CC(C)(C)C2. The Bertz CT molecular complexity index is 1210. The zero-order valence-corrected chi connectivity index (χ0v) is 19.4. The van der Waals surface area contributed by atoms with Crippen molar-refractivity contribution in [2.75, 3.05) is 11.9 Å².